The number of alkyl halides is 3. The second-order valence-electron chi connectivity index (χ2n) is 13.7. The molecular formula is C38H36F3N5O8. The number of amides is 5. The number of nitriles is 1. The number of carbonyl (C=O) groups is 5. The summed E-state index contributed by atoms with van der Waals surface area (Å²) in [5, 5.41) is 14.4. The van der Waals surface area contributed by atoms with Crippen LogP contribution in [0.1, 0.15) is 64.1 Å². The number of hydrogen-bond acceptors (Lipinski definition) is 10. The van der Waals surface area contributed by atoms with E-state index >= 15 is 0 Å². The van der Waals surface area contributed by atoms with E-state index in [1.807, 2.05) is 0 Å². The van der Waals surface area contributed by atoms with Gasteiger partial charge in [-0.05, 0) is 54.4 Å². The normalized spacial score (nSPS) is 19.4. The third-order valence-corrected chi connectivity index (χ3v) is 9.34. The third kappa shape index (κ3) is 7.86. The molecule has 3 aromatic carbocycles. The van der Waals surface area contributed by atoms with Crippen molar-refractivity contribution in [2.24, 2.45) is 5.41 Å². The molecular weight excluding hydrogens is 711 g/mol. The Morgan fingerprint density at radius 2 is 1.70 bits per heavy atom. The van der Waals surface area contributed by atoms with Gasteiger partial charge in [-0.25, -0.2) is 0 Å². The van der Waals surface area contributed by atoms with Crippen molar-refractivity contribution >= 4 is 35.2 Å². The van der Waals surface area contributed by atoms with Gasteiger partial charge in [0.2, 0.25) is 11.8 Å². The molecule has 54 heavy (non-hydrogen) atoms. The van der Waals surface area contributed by atoms with E-state index in [0.717, 1.165) is 22.6 Å². The van der Waals surface area contributed by atoms with E-state index < -0.39 is 58.5 Å². The van der Waals surface area contributed by atoms with Gasteiger partial charge >= 0.3 is 6.18 Å². The quantitative estimate of drug-likeness (QED) is 0.190. The number of fused-ring (bicyclic) bond motifs is 1. The lowest BCUT2D eigenvalue weighted by molar-refractivity contribution is -0.138. The maximum absolute atomic E-state index is 13.5. The average molecular weight is 748 g/mol. The lowest BCUT2D eigenvalue weighted by Gasteiger charge is -2.27. The van der Waals surface area contributed by atoms with E-state index in [1.54, 1.807) is 55.1 Å². The monoisotopic (exact) mass is 747 g/mol. The molecule has 2 saturated heterocycles. The number of carbonyl (C=O) groups excluding carboxylic acids is 5. The van der Waals surface area contributed by atoms with Crippen LogP contribution in [-0.4, -0.2) is 84.4 Å². The smallest absolute Gasteiger partial charge is 0.417 e. The Morgan fingerprint density at radius 1 is 0.963 bits per heavy atom. The van der Waals surface area contributed by atoms with E-state index in [1.165, 1.54) is 18.2 Å². The molecule has 0 aromatic heterocycles. The van der Waals surface area contributed by atoms with Crippen LogP contribution in [-0.2, 0) is 31.8 Å². The molecule has 0 radical (unpaired) electrons. The lowest BCUT2D eigenvalue weighted by Crippen LogP contribution is -2.54. The van der Waals surface area contributed by atoms with E-state index in [0.29, 0.717) is 24.5 Å². The number of nitrogens with zero attached hydrogens (tertiary/aromatic N) is 3. The highest BCUT2D eigenvalue weighted by Crippen LogP contribution is 2.38. The van der Waals surface area contributed by atoms with Gasteiger partial charge in [0.25, 0.3) is 17.7 Å². The molecule has 2 N–H and O–H groups in total. The number of rotatable bonds is 13. The minimum atomic E-state index is -4.75. The Hall–Kier alpha value is -5.95. The van der Waals surface area contributed by atoms with Gasteiger partial charge in [-0.3, -0.25) is 34.2 Å². The van der Waals surface area contributed by atoms with Gasteiger partial charge in [0.1, 0.15) is 24.1 Å². The minimum Gasteiger partial charge on any atom is -0.491 e. The number of ether oxygens (including phenoxy) is 3. The fourth-order valence-corrected chi connectivity index (χ4v) is 6.71. The fourth-order valence-electron chi connectivity index (χ4n) is 6.71. The summed E-state index contributed by atoms with van der Waals surface area (Å²) in [6, 6.07) is 15.4. The number of nitrogens with one attached hydrogen (secondary N) is 2. The highest BCUT2D eigenvalue weighted by molar-refractivity contribution is 6.25. The molecule has 13 nitrogen and oxygen atoms in total. The molecule has 3 heterocycles. The van der Waals surface area contributed by atoms with Crippen LogP contribution in [0.4, 0.5) is 18.9 Å². The first-order chi connectivity index (χ1) is 25.7. The molecule has 0 bridgehead atoms. The zero-order valence-corrected chi connectivity index (χ0v) is 29.3. The first-order valence-electron chi connectivity index (χ1n) is 17.1. The molecule has 6 rings (SSSR count). The maximum Gasteiger partial charge on any atom is 0.417 e. The first-order valence-corrected chi connectivity index (χ1v) is 17.1. The molecule has 2 unspecified atom stereocenters. The number of likely N-dealkylation sites (tertiary alicyclic amines) is 1. The van der Waals surface area contributed by atoms with Gasteiger partial charge in [0, 0.05) is 37.2 Å². The van der Waals surface area contributed by atoms with Gasteiger partial charge in [0.15, 0.2) is 6.10 Å². The van der Waals surface area contributed by atoms with Gasteiger partial charge in [-0.1, -0.05) is 32.0 Å². The van der Waals surface area contributed by atoms with Crippen molar-refractivity contribution in [3.05, 3.63) is 88.5 Å². The van der Waals surface area contributed by atoms with Crippen molar-refractivity contribution in [3.63, 3.8) is 0 Å². The van der Waals surface area contributed by atoms with Crippen molar-refractivity contribution in [3.8, 4) is 17.6 Å². The largest absolute Gasteiger partial charge is 0.491 e. The molecule has 0 spiro atoms. The predicted molar refractivity (Wildman–Crippen MR) is 184 cm³/mol. The van der Waals surface area contributed by atoms with Gasteiger partial charge in [0.05, 0.1) is 41.5 Å². The van der Waals surface area contributed by atoms with Crippen LogP contribution in [0.25, 0.3) is 0 Å². The van der Waals surface area contributed by atoms with E-state index in [-0.39, 0.29) is 62.0 Å². The number of hydrogen-bond donors (Lipinski definition) is 2. The zero-order valence-electron chi connectivity index (χ0n) is 29.3. The molecule has 16 heteroatoms. The molecule has 2 fully saturated rings. The summed E-state index contributed by atoms with van der Waals surface area (Å²) in [4.78, 5) is 66.0. The van der Waals surface area contributed by atoms with Crippen molar-refractivity contribution < 1.29 is 51.4 Å². The van der Waals surface area contributed by atoms with Crippen LogP contribution < -0.4 is 20.1 Å². The molecule has 0 saturated carbocycles. The predicted octanol–water partition coefficient (Wildman–Crippen LogP) is 4.30. The van der Waals surface area contributed by atoms with Crippen LogP contribution in [0.15, 0.2) is 60.7 Å². The molecule has 2 atom stereocenters. The first kappa shape index (κ1) is 37.8. The molecule has 3 aliphatic rings. The van der Waals surface area contributed by atoms with Crippen molar-refractivity contribution in [2.75, 3.05) is 38.2 Å². The topological polar surface area (TPSA) is 167 Å². The van der Waals surface area contributed by atoms with Crippen molar-refractivity contribution in [1.29, 1.82) is 5.26 Å². The van der Waals surface area contributed by atoms with Gasteiger partial charge < -0.3 is 24.4 Å². The van der Waals surface area contributed by atoms with Crippen LogP contribution in [0, 0.1) is 16.7 Å². The third-order valence-electron chi connectivity index (χ3n) is 9.34. The standard InChI is InChI=1S/C38H36F3N5O8/c1-37(2)21-45(36(51)32(37)54-25-11-8-23(19-42)27(18-25)38(39,40)41)20-22-6-9-24(10-7-22)53-17-16-52-15-14-43-28-5-3-4-26-31(28)35(50)46(34(26)49)29-12-13-30(47)44-33(29)48/h3-11,18,29,32,43H,12-17,20-21H2,1-2H3,(H,44,47,48). The highest BCUT2D eigenvalue weighted by atomic mass is 19.4. The van der Waals surface area contributed by atoms with E-state index in [2.05, 4.69) is 10.6 Å². The molecule has 5 amide bonds. The number of halogens is 3. The Kier molecular flexibility index (Phi) is 10.6. The lowest BCUT2D eigenvalue weighted by atomic mass is 9.89. The minimum absolute atomic E-state index is 0.0325. The Balaban J connectivity index is 0.939. The maximum atomic E-state index is 13.5. The Morgan fingerprint density at radius 3 is 2.41 bits per heavy atom. The zero-order chi connectivity index (χ0) is 38.8. The second kappa shape index (κ2) is 15.2. The van der Waals surface area contributed by atoms with Crippen LogP contribution in [0.3, 0.4) is 0 Å². The summed E-state index contributed by atoms with van der Waals surface area (Å²) < 4.78 is 57.6. The highest BCUT2D eigenvalue weighted by Gasteiger charge is 2.49. The second-order valence-corrected chi connectivity index (χ2v) is 13.7. The molecule has 3 aromatic rings. The van der Waals surface area contributed by atoms with Crippen LogP contribution in [0.5, 0.6) is 11.5 Å². The van der Waals surface area contributed by atoms with E-state index in [4.69, 9.17) is 19.5 Å². The summed E-state index contributed by atoms with van der Waals surface area (Å²) in [5.74, 6) is -2.26. The Labute approximate surface area is 307 Å². The van der Waals surface area contributed by atoms with E-state index in [9.17, 15) is 37.1 Å². The van der Waals surface area contributed by atoms with Gasteiger partial charge in [-0.2, -0.15) is 18.4 Å². The summed E-state index contributed by atoms with van der Waals surface area (Å²) in [6.07, 6.45) is -5.68. The molecule has 282 valence electrons. The molecule has 3 aliphatic heterocycles. The van der Waals surface area contributed by atoms with Crippen molar-refractivity contribution in [1.82, 2.24) is 15.1 Å². The number of piperidine rings is 1. The summed E-state index contributed by atoms with van der Waals surface area (Å²) in [7, 11) is 0. The van der Waals surface area contributed by atoms with Crippen LogP contribution >= 0.6 is 0 Å². The van der Waals surface area contributed by atoms with Crippen molar-refractivity contribution in [2.45, 2.75) is 51.6 Å². The summed E-state index contributed by atoms with van der Waals surface area (Å²) in [5.41, 5.74) is -0.797. The van der Waals surface area contributed by atoms with Gasteiger partial charge in [-0.15, -0.1) is 0 Å². The Bertz CT molecular complexity index is 2030. The van der Waals surface area contributed by atoms with Crippen LogP contribution in [0.2, 0.25) is 0 Å². The SMILES string of the molecule is CC1(C)CN(Cc2ccc(OCCOCCNc3cccc4c3C(=O)N(C3CCC(=O)NC3=O)C4=O)cc2)C(=O)C1Oc1ccc(C#N)c(C(F)(F)F)c1. The summed E-state index contributed by atoms with van der Waals surface area (Å²) in [6.45, 7) is 5.21. The average Bonchev–Trinajstić information content (AvgIpc) is 3.50. The fraction of sp³-hybridized carbons (Fsp3) is 0.368. The number of anilines is 1. The number of benzene rings is 3. The number of imide groups is 2. The molecule has 0 aliphatic carbocycles. The summed E-state index contributed by atoms with van der Waals surface area (Å²) >= 11 is 0.